The molecule has 1 atom stereocenters. The minimum absolute atomic E-state index is 0.279. The van der Waals surface area contributed by atoms with Gasteiger partial charge in [-0.25, -0.2) is 0 Å². The summed E-state index contributed by atoms with van der Waals surface area (Å²) >= 11 is 0. The lowest BCUT2D eigenvalue weighted by Gasteiger charge is -2.56. The van der Waals surface area contributed by atoms with Crippen LogP contribution >= 0.6 is 0 Å². The van der Waals surface area contributed by atoms with E-state index < -0.39 is 0 Å². The van der Waals surface area contributed by atoms with Crippen molar-refractivity contribution in [3.05, 3.63) is 35.9 Å². The van der Waals surface area contributed by atoms with E-state index in [1.165, 1.54) is 37.7 Å². The highest BCUT2D eigenvalue weighted by Crippen LogP contribution is 2.58. The molecule has 0 amide bonds. The normalized spacial score (nSPS) is 43.1. The molecule has 0 heterocycles. The van der Waals surface area contributed by atoms with Gasteiger partial charge in [0.15, 0.2) is 0 Å². The average molecular weight is 241 g/mol. The Bertz CT molecular complexity index is 396. The van der Waals surface area contributed by atoms with Crippen molar-refractivity contribution >= 4 is 0 Å². The van der Waals surface area contributed by atoms with Gasteiger partial charge in [0, 0.05) is 6.04 Å². The number of rotatable bonds is 2. The van der Waals surface area contributed by atoms with Gasteiger partial charge in [0.05, 0.1) is 0 Å². The molecule has 18 heavy (non-hydrogen) atoms. The average Bonchev–Trinajstić information content (AvgIpc) is 2.38. The molecule has 0 aliphatic heterocycles. The van der Waals surface area contributed by atoms with Gasteiger partial charge < -0.3 is 5.73 Å². The van der Waals surface area contributed by atoms with E-state index in [4.69, 9.17) is 5.73 Å². The third-order valence-corrected chi connectivity index (χ3v) is 5.90. The van der Waals surface area contributed by atoms with Crippen LogP contribution in [0.5, 0.6) is 0 Å². The molecule has 0 spiro atoms. The topological polar surface area (TPSA) is 26.0 Å². The van der Waals surface area contributed by atoms with Crippen LogP contribution in [0.4, 0.5) is 0 Å². The van der Waals surface area contributed by atoms with Crippen LogP contribution in [0.2, 0.25) is 0 Å². The summed E-state index contributed by atoms with van der Waals surface area (Å²) < 4.78 is 0. The summed E-state index contributed by atoms with van der Waals surface area (Å²) in [6, 6.07) is 11.1. The third kappa shape index (κ3) is 1.64. The SMILES string of the molecule is N[C@H](c1ccccc1)C1C2CC3C[C@H](C2)C[C@H]1C3. The highest BCUT2D eigenvalue weighted by Gasteiger charge is 2.49. The molecule has 0 radical (unpaired) electrons. The van der Waals surface area contributed by atoms with Crippen molar-refractivity contribution < 1.29 is 0 Å². The van der Waals surface area contributed by atoms with Crippen molar-refractivity contribution in [3.8, 4) is 0 Å². The van der Waals surface area contributed by atoms with E-state index >= 15 is 0 Å². The maximum Gasteiger partial charge on any atom is 0.0328 e. The van der Waals surface area contributed by atoms with Crippen LogP contribution in [0, 0.1) is 29.6 Å². The van der Waals surface area contributed by atoms with Crippen LogP contribution in [-0.2, 0) is 0 Å². The Kier molecular flexibility index (Phi) is 2.51. The molecule has 0 aromatic heterocycles. The lowest BCUT2D eigenvalue weighted by molar-refractivity contribution is -0.0471. The number of hydrogen-bond donors (Lipinski definition) is 1. The lowest BCUT2D eigenvalue weighted by Crippen LogP contribution is -2.48. The monoisotopic (exact) mass is 241 g/mol. The van der Waals surface area contributed by atoms with Crippen molar-refractivity contribution in [1.82, 2.24) is 0 Å². The van der Waals surface area contributed by atoms with Crippen molar-refractivity contribution in [2.75, 3.05) is 0 Å². The maximum atomic E-state index is 6.62. The summed E-state index contributed by atoms with van der Waals surface area (Å²) in [5.74, 6) is 4.71. The van der Waals surface area contributed by atoms with E-state index in [-0.39, 0.29) is 6.04 Å². The molecule has 1 aromatic carbocycles. The van der Waals surface area contributed by atoms with Gasteiger partial charge in [0.25, 0.3) is 0 Å². The molecule has 1 heteroatoms. The van der Waals surface area contributed by atoms with Crippen LogP contribution in [0.1, 0.15) is 43.7 Å². The molecule has 0 unspecified atom stereocenters. The predicted octanol–water partition coefficient (Wildman–Crippen LogP) is 3.76. The highest BCUT2D eigenvalue weighted by atomic mass is 14.7. The van der Waals surface area contributed by atoms with Gasteiger partial charge in [0.1, 0.15) is 0 Å². The molecular formula is C17H23N. The molecule has 1 nitrogen and oxygen atoms in total. The lowest BCUT2D eigenvalue weighted by atomic mass is 9.50. The van der Waals surface area contributed by atoms with Crippen molar-refractivity contribution in [2.24, 2.45) is 35.3 Å². The third-order valence-electron chi connectivity index (χ3n) is 5.90. The van der Waals surface area contributed by atoms with Crippen molar-refractivity contribution in [2.45, 2.75) is 38.1 Å². The molecule has 4 aliphatic carbocycles. The van der Waals surface area contributed by atoms with Gasteiger partial charge in [-0.2, -0.15) is 0 Å². The largest absolute Gasteiger partial charge is 0.324 e. The van der Waals surface area contributed by atoms with Gasteiger partial charge in [-0.05, 0) is 67.3 Å². The molecule has 1 aromatic rings. The molecule has 96 valence electrons. The molecule has 4 saturated carbocycles. The van der Waals surface area contributed by atoms with Crippen molar-refractivity contribution in [3.63, 3.8) is 0 Å². The van der Waals surface area contributed by atoms with Crippen LogP contribution in [0.15, 0.2) is 30.3 Å². The van der Waals surface area contributed by atoms with Gasteiger partial charge in [-0.15, -0.1) is 0 Å². The summed E-state index contributed by atoms with van der Waals surface area (Å²) in [6.45, 7) is 0. The van der Waals surface area contributed by atoms with Gasteiger partial charge >= 0.3 is 0 Å². The molecule has 4 aliphatic rings. The van der Waals surface area contributed by atoms with E-state index in [0.29, 0.717) is 0 Å². The summed E-state index contributed by atoms with van der Waals surface area (Å²) in [7, 11) is 0. The van der Waals surface area contributed by atoms with Gasteiger partial charge in [-0.3, -0.25) is 0 Å². The second-order valence-electron chi connectivity index (χ2n) is 6.94. The summed E-state index contributed by atoms with van der Waals surface area (Å²) in [5, 5.41) is 0. The van der Waals surface area contributed by atoms with Gasteiger partial charge in [0.2, 0.25) is 0 Å². The summed E-state index contributed by atoms with van der Waals surface area (Å²) in [6.07, 6.45) is 7.41. The van der Waals surface area contributed by atoms with E-state index in [1.807, 2.05) is 0 Å². The zero-order valence-corrected chi connectivity index (χ0v) is 11.0. The van der Waals surface area contributed by atoms with E-state index in [9.17, 15) is 0 Å². The van der Waals surface area contributed by atoms with Crippen molar-refractivity contribution in [1.29, 1.82) is 0 Å². The van der Waals surface area contributed by atoms with Crippen LogP contribution in [0.3, 0.4) is 0 Å². The first-order valence-electron chi connectivity index (χ1n) is 7.62. The standard InChI is InChI=1S/C17H23N/c18-17(13-4-2-1-3-5-13)16-14-7-11-6-12(9-14)10-15(16)8-11/h1-5,11-12,14-17H,6-10,18H2/t11-,12?,14-,15?,16?,17+/m0/s1. The molecule has 0 saturated heterocycles. The van der Waals surface area contributed by atoms with Crippen LogP contribution < -0.4 is 5.73 Å². The first-order valence-corrected chi connectivity index (χ1v) is 7.62. The zero-order valence-electron chi connectivity index (χ0n) is 11.0. The fourth-order valence-corrected chi connectivity index (χ4v) is 5.45. The minimum Gasteiger partial charge on any atom is -0.324 e. The fraction of sp³-hybridized carbons (Fsp3) is 0.647. The second-order valence-corrected chi connectivity index (χ2v) is 6.94. The zero-order chi connectivity index (χ0) is 12.1. The minimum atomic E-state index is 0.279. The molecule has 5 rings (SSSR count). The van der Waals surface area contributed by atoms with Gasteiger partial charge in [-0.1, -0.05) is 30.3 Å². The Hall–Kier alpha value is -0.820. The molecule has 2 N–H and O–H groups in total. The Morgan fingerprint density at radius 3 is 1.94 bits per heavy atom. The smallest absolute Gasteiger partial charge is 0.0328 e. The Morgan fingerprint density at radius 2 is 1.39 bits per heavy atom. The predicted molar refractivity (Wildman–Crippen MR) is 73.9 cm³/mol. The fourth-order valence-electron chi connectivity index (χ4n) is 5.45. The highest BCUT2D eigenvalue weighted by molar-refractivity contribution is 5.21. The van der Waals surface area contributed by atoms with E-state index in [2.05, 4.69) is 30.3 Å². The summed E-state index contributed by atoms with van der Waals surface area (Å²) in [5.41, 5.74) is 7.98. The molecular weight excluding hydrogens is 218 g/mol. The number of benzene rings is 1. The first kappa shape index (κ1) is 11.0. The number of hydrogen-bond acceptors (Lipinski definition) is 1. The Balaban J connectivity index is 1.61. The quantitative estimate of drug-likeness (QED) is 0.838. The molecule has 4 fully saturated rings. The second kappa shape index (κ2) is 4.09. The van der Waals surface area contributed by atoms with E-state index in [0.717, 1.165) is 29.6 Å². The Labute approximate surface area is 110 Å². The van der Waals surface area contributed by atoms with E-state index in [1.54, 1.807) is 0 Å². The van der Waals surface area contributed by atoms with Crippen LogP contribution in [0.25, 0.3) is 0 Å². The summed E-state index contributed by atoms with van der Waals surface area (Å²) in [4.78, 5) is 0. The van der Waals surface area contributed by atoms with Crippen LogP contribution in [-0.4, -0.2) is 0 Å². The Morgan fingerprint density at radius 1 is 0.833 bits per heavy atom. The maximum absolute atomic E-state index is 6.62. The molecule has 4 bridgehead atoms. The number of nitrogens with two attached hydrogens (primary N) is 1. The first-order chi connectivity index (χ1) is 8.81.